The van der Waals surface area contributed by atoms with Crippen LogP contribution >= 0.6 is 22.9 Å². The third kappa shape index (κ3) is 4.73. The van der Waals surface area contributed by atoms with Crippen molar-refractivity contribution in [3.8, 4) is 23.1 Å². The Morgan fingerprint density at radius 1 is 1.22 bits per heavy atom. The molecular formula is C20H14ClN3O2S. The van der Waals surface area contributed by atoms with Gasteiger partial charge >= 0.3 is 0 Å². The number of hydrogen-bond donors (Lipinski definition) is 1. The van der Waals surface area contributed by atoms with E-state index in [1.807, 2.05) is 23.6 Å². The molecule has 5 nitrogen and oxygen atoms in total. The minimum absolute atomic E-state index is 0.0107. The lowest BCUT2D eigenvalue weighted by Gasteiger charge is -2.02. The van der Waals surface area contributed by atoms with Gasteiger partial charge in [0.25, 0.3) is 5.91 Å². The lowest BCUT2D eigenvalue weighted by molar-refractivity contribution is -0.112. The van der Waals surface area contributed by atoms with Crippen LogP contribution in [0.15, 0.2) is 59.5 Å². The number of nitrogens with zero attached hydrogens (tertiary/aromatic N) is 2. The number of nitrogens with one attached hydrogen (secondary N) is 1. The van der Waals surface area contributed by atoms with E-state index >= 15 is 0 Å². The maximum atomic E-state index is 12.4. The van der Waals surface area contributed by atoms with E-state index in [0.717, 1.165) is 16.8 Å². The first-order valence-electron chi connectivity index (χ1n) is 7.87. The van der Waals surface area contributed by atoms with Gasteiger partial charge in [-0.05, 0) is 35.9 Å². The Hall–Kier alpha value is -3.14. The third-order valence-corrected chi connectivity index (χ3v) is 4.67. The zero-order chi connectivity index (χ0) is 19.2. The molecule has 1 heterocycles. The van der Waals surface area contributed by atoms with Gasteiger partial charge in [0.05, 0.1) is 12.8 Å². The number of halogens is 1. The Morgan fingerprint density at radius 3 is 2.56 bits per heavy atom. The highest BCUT2D eigenvalue weighted by Gasteiger charge is 2.12. The number of thiazole rings is 1. The minimum Gasteiger partial charge on any atom is -0.497 e. The lowest BCUT2D eigenvalue weighted by Crippen LogP contribution is -2.13. The highest BCUT2D eigenvalue weighted by Crippen LogP contribution is 2.26. The van der Waals surface area contributed by atoms with E-state index < -0.39 is 5.91 Å². The Balaban J connectivity index is 1.74. The molecule has 0 unspecified atom stereocenters. The van der Waals surface area contributed by atoms with Gasteiger partial charge in [-0.25, -0.2) is 4.98 Å². The molecule has 0 aliphatic rings. The van der Waals surface area contributed by atoms with Gasteiger partial charge in [-0.15, -0.1) is 11.3 Å². The Labute approximate surface area is 165 Å². The number of nitriles is 1. The summed E-state index contributed by atoms with van der Waals surface area (Å²) in [6.07, 6.45) is 1.52. The van der Waals surface area contributed by atoms with Crippen LogP contribution in [0.4, 0.5) is 5.13 Å². The van der Waals surface area contributed by atoms with Crippen LogP contribution in [0.25, 0.3) is 17.3 Å². The minimum atomic E-state index is -0.509. The van der Waals surface area contributed by atoms with E-state index in [2.05, 4.69) is 10.3 Å². The van der Waals surface area contributed by atoms with Crippen molar-refractivity contribution in [3.63, 3.8) is 0 Å². The van der Waals surface area contributed by atoms with Crippen molar-refractivity contribution in [2.45, 2.75) is 0 Å². The summed E-state index contributed by atoms with van der Waals surface area (Å²) in [6.45, 7) is 0. The quantitative estimate of drug-likeness (QED) is 0.486. The summed E-state index contributed by atoms with van der Waals surface area (Å²) in [4.78, 5) is 16.8. The monoisotopic (exact) mass is 395 g/mol. The van der Waals surface area contributed by atoms with E-state index in [1.165, 1.54) is 17.4 Å². The number of hydrogen-bond acceptors (Lipinski definition) is 5. The van der Waals surface area contributed by atoms with E-state index in [9.17, 15) is 10.1 Å². The number of anilines is 1. The second-order valence-corrected chi connectivity index (χ2v) is 6.74. The SMILES string of the molecule is COc1ccc(/C=C(\C#N)C(=O)Nc2nc(-c3ccc(Cl)cc3)cs2)cc1. The first kappa shape index (κ1) is 18.6. The summed E-state index contributed by atoms with van der Waals surface area (Å²) >= 11 is 7.18. The Bertz CT molecular complexity index is 1020. The fraction of sp³-hybridized carbons (Fsp3) is 0.0500. The maximum Gasteiger partial charge on any atom is 0.268 e. The number of rotatable bonds is 5. The summed E-state index contributed by atoms with van der Waals surface area (Å²) < 4.78 is 5.09. The molecule has 0 spiro atoms. The molecule has 0 aliphatic carbocycles. The van der Waals surface area contributed by atoms with Gasteiger partial charge in [-0.3, -0.25) is 10.1 Å². The molecule has 3 rings (SSSR count). The second kappa shape index (κ2) is 8.49. The third-order valence-electron chi connectivity index (χ3n) is 3.66. The van der Waals surface area contributed by atoms with Crippen molar-refractivity contribution in [1.82, 2.24) is 4.98 Å². The van der Waals surface area contributed by atoms with Gasteiger partial charge in [0.15, 0.2) is 5.13 Å². The molecule has 7 heteroatoms. The topological polar surface area (TPSA) is 75.0 Å². The van der Waals surface area contributed by atoms with Crippen molar-refractivity contribution in [3.05, 3.63) is 70.1 Å². The van der Waals surface area contributed by atoms with E-state index in [4.69, 9.17) is 16.3 Å². The zero-order valence-electron chi connectivity index (χ0n) is 14.3. The van der Waals surface area contributed by atoms with Crippen LogP contribution in [-0.4, -0.2) is 18.0 Å². The number of carbonyl (C=O) groups is 1. The summed E-state index contributed by atoms with van der Waals surface area (Å²) in [7, 11) is 1.57. The smallest absolute Gasteiger partial charge is 0.268 e. The summed E-state index contributed by atoms with van der Waals surface area (Å²) in [6, 6.07) is 16.3. The summed E-state index contributed by atoms with van der Waals surface area (Å²) in [5.41, 5.74) is 2.34. The number of ether oxygens (including phenoxy) is 1. The summed E-state index contributed by atoms with van der Waals surface area (Å²) in [5, 5.41) is 14.9. The fourth-order valence-electron chi connectivity index (χ4n) is 2.26. The van der Waals surface area contributed by atoms with Gasteiger partial charge in [0.1, 0.15) is 17.4 Å². The van der Waals surface area contributed by atoms with Gasteiger partial charge in [-0.2, -0.15) is 5.26 Å². The average Bonchev–Trinajstić information content (AvgIpc) is 3.15. The van der Waals surface area contributed by atoms with Gasteiger partial charge in [0, 0.05) is 16.0 Å². The van der Waals surface area contributed by atoms with Gasteiger partial charge in [0.2, 0.25) is 0 Å². The molecule has 2 aromatic carbocycles. The fourth-order valence-corrected chi connectivity index (χ4v) is 3.10. The number of amides is 1. The van der Waals surface area contributed by atoms with Crippen molar-refractivity contribution in [1.29, 1.82) is 5.26 Å². The van der Waals surface area contributed by atoms with Crippen LogP contribution in [0.5, 0.6) is 5.75 Å². The van der Waals surface area contributed by atoms with Crippen LogP contribution in [-0.2, 0) is 4.79 Å². The molecule has 0 radical (unpaired) electrons. The van der Waals surface area contributed by atoms with Crippen LogP contribution in [0.2, 0.25) is 5.02 Å². The van der Waals surface area contributed by atoms with Gasteiger partial charge < -0.3 is 4.74 Å². The molecular weight excluding hydrogens is 382 g/mol. The normalized spacial score (nSPS) is 10.9. The van der Waals surface area contributed by atoms with Crippen molar-refractivity contribution in [2.24, 2.45) is 0 Å². The molecule has 0 aliphatic heterocycles. The molecule has 3 aromatic rings. The van der Waals surface area contributed by atoms with E-state index in [0.29, 0.717) is 15.9 Å². The predicted octanol–water partition coefficient (Wildman–Crippen LogP) is 5.02. The summed E-state index contributed by atoms with van der Waals surface area (Å²) in [5.74, 6) is 0.193. The predicted molar refractivity (Wildman–Crippen MR) is 108 cm³/mol. The van der Waals surface area contributed by atoms with Crippen LogP contribution in [0, 0.1) is 11.3 Å². The highest BCUT2D eigenvalue weighted by molar-refractivity contribution is 7.14. The molecule has 1 amide bonds. The second-order valence-electron chi connectivity index (χ2n) is 5.44. The highest BCUT2D eigenvalue weighted by atomic mass is 35.5. The Kier molecular flexibility index (Phi) is 5.87. The Morgan fingerprint density at radius 2 is 1.93 bits per heavy atom. The molecule has 0 saturated carbocycles. The number of benzene rings is 2. The largest absolute Gasteiger partial charge is 0.497 e. The number of carbonyl (C=O) groups excluding carboxylic acids is 1. The van der Waals surface area contributed by atoms with Crippen molar-refractivity contribution >= 4 is 40.1 Å². The maximum absolute atomic E-state index is 12.4. The number of methoxy groups -OCH3 is 1. The molecule has 1 aromatic heterocycles. The zero-order valence-corrected chi connectivity index (χ0v) is 15.8. The van der Waals surface area contributed by atoms with E-state index in [1.54, 1.807) is 43.5 Å². The van der Waals surface area contributed by atoms with Gasteiger partial charge in [-0.1, -0.05) is 35.9 Å². The number of aromatic nitrogens is 1. The molecule has 1 N–H and O–H groups in total. The molecule has 0 bridgehead atoms. The van der Waals surface area contributed by atoms with Crippen LogP contribution in [0.1, 0.15) is 5.56 Å². The first-order chi connectivity index (χ1) is 13.1. The van der Waals surface area contributed by atoms with Crippen molar-refractivity contribution in [2.75, 3.05) is 12.4 Å². The average molecular weight is 396 g/mol. The van der Waals surface area contributed by atoms with Crippen LogP contribution in [0.3, 0.4) is 0 Å². The standard InChI is InChI=1S/C20H14ClN3O2S/c1-26-17-8-2-13(3-9-17)10-15(11-22)19(25)24-20-23-18(12-27-20)14-4-6-16(21)7-5-14/h2-10,12H,1H3,(H,23,24,25)/b15-10+. The lowest BCUT2D eigenvalue weighted by atomic mass is 10.1. The van der Waals surface area contributed by atoms with E-state index in [-0.39, 0.29) is 5.57 Å². The van der Waals surface area contributed by atoms with Crippen molar-refractivity contribution < 1.29 is 9.53 Å². The molecule has 0 atom stereocenters. The molecule has 0 saturated heterocycles. The molecule has 27 heavy (non-hydrogen) atoms. The van der Waals surface area contributed by atoms with Crippen LogP contribution < -0.4 is 10.1 Å². The molecule has 134 valence electrons. The molecule has 0 fully saturated rings. The first-order valence-corrected chi connectivity index (χ1v) is 9.13.